The molecule has 1 aromatic carbocycles. The molecule has 11 heteroatoms. The number of alkyl halides is 3. The van der Waals surface area contributed by atoms with E-state index in [1.54, 1.807) is 12.1 Å². The second-order valence-corrected chi connectivity index (χ2v) is 7.98. The summed E-state index contributed by atoms with van der Waals surface area (Å²) in [5, 5.41) is 22.2. The first-order chi connectivity index (χ1) is 15.5. The summed E-state index contributed by atoms with van der Waals surface area (Å²) in [6.45, 7) is 5.59. The highest BCUT2D eigenvalue weighted by atomic mass is 19.4. The van der Waals surface area contributed by atoms with Gasteiger partial charge in [-0.1, -0.05) is 19.9 Å². The number of nitro benzene ring substituents is 1. The standard InChI is InChI=1S/C22H25F3N6O2/c1-4-17(22(23,24)25)19(26)30-11-9-16-18(10-12-30)28-20(13(2)3)29-21(16)27-14-5-7-15(8-6-14)31(32)33/h4-8,13,26H,9-12H2,1-3H3,(H,27,28,29)/b17-4+,26-19?. The molecule has 0 unspecified atom stereocenters. The molecule has 0 bridgehead atoms. The lowest BCUT2D eigenvalue weighted by molar-refractivity contribution is -0.384. The molecule has 3 rings (SSSR count). The zero-order valence-corrected chi connectivity index (χ0v) is 18.5. The number of fused-ring (bicyclic) bond motifs is 1. The second-order valence-electron chi connectivity index (χ2n) is 7.98. The lowest BCUT2D eigenvalue weighted by atomic mass is 10.1. The topological polar surface area (TPSA) is 108 Å². The number of amidine groups is 1. The molecule has 0 saturated carbocycles. The van der Waals surface area contributed by atoms with Crippen molar-refractivity contribution in [2.75, 3.05) is 18.4 Å². The van der Waals surface area contributed by atoms with Gasteiger partial charge in [0.15, 0.2) is 0 Å². The molecule has 2 N–H and O–H groups in total. The van der Waals surface area contributed by atoms with Gasteiger partial charge in [-0.15, -0.1) is 0 Å². The molecule has 1 aliphatic rings. The van der Waals surface area contributed by atoms with Gasteiger partial charge in [0, 0.05) is 48.8 Å². The van der Waals surface area contributed by atoms with Crippen LogP contribution in [-0.4, -0.2) is 44.9 Å². The monoisotopic (exact) mass is 462 g/mol. The Hall–Kier alpha value is -3.50. The Morgan fingerprint density at radius 1 is 1.21 bits per heavy atom. The number of benzene rings is 1. The molecule has 1 aromatic heterocycles. The molecule has 1 aliphatic heterocycles. The van der Waals surface area contributed by atoms with Gasteiger partial charge in [-0.3, -0.25) is 15.5 Å². The molecule has 0 amide bonds. The predicted octanol–water partition coefficient (Wildman–Crippen LogP) is 5.14. The van der Waals surface area contributed by atoms with E-state index in [2.05, 4.69) is 15.3 Å². The lowest BCUT2D eigenvalue weighted by Gasteiger charge is -2.25. The van der Waals surface area contributed by atoms with Crippen LogP contribution >= 0.6 is 0 Å². The summed E-state index contributed by atoms with van der Waals surface area (Å²) in [5.41, 5.74) is 1.08. The Morgan fingerprint density at radius 2 is 1.85 bits per heavy atom. The number of rotatable bonds is 5. The highest BCUT2D eigenvalue weighted by Gasteiger charge is 2.38. The van der Waals surface area contributed by atoms with Crippen molar-refractivity contribution in [3.8, 4) is 0 Å². The maximum atomic E-state index is 13.3. The van der Waals surface area contributed by atoms with Gasteiger partial charge in [0.05, 0.1) is 16.2 Å². The van der Waals surface area contributed by atoms with E-state index in [1.807, 2.05) is 13.8 Å². The van der Waals surface area contributed by atoms with Crippen molar-refractivity contribution < 1.29 is 18.1 Å². The van der Waals surface area contributed by atoms with Crippen LogP contribution in [0.1, 0.15) is 43.8 Å². The fraction of sp³-hybridized carbons (Fsp3) is 0.409. The summed E-state index contributed by atoms with van der Waals surface area (Å²) in [4.78, 5) is 21.1. The summed E-state index contributed by atoms with van der Waals surface area (Å²) in [5.74, 6) is 0.573. The molecule has 33 heavy (non-hydrogen) atoms. The molecule has 2 heterocycles. The molecule has 2 aromatic rings. The molecular weight excluding hydrogens is 437 g/mol. The smallest absolute Gasteiger partial charge is 0.356 e. The second kappa shape index (κ2) is 9.55. The minimum atomic E-state index is -4.60. The van der Waals surface area contributed by atoms with Crippen LogP contribution in [0.25, 0.3) is 0 Å². The number of nitrogens with zero attached hydrogens (tertiary/aromatic N) is 4. The molecule has 0 aliphatic carbocycles. The van der Waals surface area contributed by atoms with Gasteiger partial charge in [-0.05, 0) is 25.5 Å². The van der Waals surface area contributed by atoms with Crippen LogP contribution in [0.4, 0.5) is 30.4 Å². The van der Waals surface area contributed by atoms with Crippen molar-refractivity contribution in [1.29, 1.82) is 5.41 Å². The van der Waals surface area contributed by atoms with Crippen molar-refractivity contribution in [3.05, 3.63) is 63.1 Å². The number of nitrogens with one attached hydrogen (secondary N) is 2. The Bertz CT molecular complexity index is 1080. The minimum Gasteiger partial charge on any atom is -0.356 e. The van der Waals surface area contributed by atoms with E-state index in [1.165, 1.54) is 24.0 Å². The zero-order valence-electron chi connectivity index (χ0n) is 18.5. The number of aromatic nitrogens is 2. The van der Waals surface area contributed by atoms with Gasteiger partial charge in [0.1, 0.15) is 17.5 Å². The maximum absolute atomic E-state index is 13.3. The first-order valence-electron chi connectivity index (χ1n) is 10.5. The third-order valence-electron chi connectivity index (χ3n) is 5.38. The molecule has 0 radical (unpaired) electrons. The van der Waals surface area contributed by atoms with Crippen molar-refractivity contribution in [2.45, 2.75) is 45.7 Å². The molecule has 176 valence electrons. The summed E-state index contributed by atoms with van der Waals surface area (Å²) in [6, 6.07) is 5.90. The number of anilines is 2. The first kappa shape index (κ1) is 24.1. The number of nitro groups is 1. The lowest BCUT2D eigenvalue weighted by Crippen LogP contribution is -2.37. The normalized spacial score (nSPS) is 14.6. The van der Waals surface area contributed by atoms with Crippen LogP contribution in [0.3, 0.4) is 0 Å². The number of allylic oxidation sites excluding steroid dienone is 1. The molecule has 0 saturated heterocycles. The van der Waals surface area contributed by atoms with Gasteiger partial charge in [-0.25, -0.2) is 9.97 Å². The number of hydrogen-bond acceptors (Lipinski definition) is 6. The SMILES string of the molecule is C/C=C(\C(=N)N1CCc2nc(C(C)C)nc(Nc3ccc([N+](=O)[O-])cc3)c2CC1)C(F)(F)F. The van der Waals surface area contributed by atoms with Gasteiger partial charge in [0.2, 0.25) is 0 Å². The van der Waals surface area contributed by atoms with Crippen molar-refractivity contribution in [3.63, 3.8) is 0 Å². The van der Waals surface area contributed by atoms with Crippen molar-refractivity contribution >= 4 is 23.0 Å². The first-order valence-corrected chi connectivity index (χ1v) is 10.5. The minimum absolute atomic E-state index is 0.0187. The number of halogens is 3. The largest absolute Gasteiger partial charge is 0.419 e. The Kier molecular flexibility index (Phi) is 6.99. The van der Waals surface area contributed by atoms with Crippen molar-refractivity contribution in [1.82, 2.24) is 14.9 Å². The van der Waals surface area contributed by atoms with Crippen LogP contribution in [-0.2, 0) is 12.8 Å². The van der Waals surface area contributed by atoms with Crippen LogP contribution in [0, 0.1) is 15.5 Å². The summed E-state index contributed by atoms with van der Waals surface area (Å²) < 4.78 is 39.9. The summed E-state index contributed by atoms with van der Waals surface area (Å²) in [7, 11) is 0. The molecule has 0 atom stereocenters. The zero-order chi connectivity index (χ0) is 24.3. The highest BCUT2D eigenvalue weighted by Crippen LogP contribution is 2.30. The molecule has 8 nitrogen and oxygen atoms in total. The van der Waals surface area contributed by atoms with Gasteiger partial charge in [0.25, 0.3) is 5.69 Å². The Balaban J connectivity index is 1.91. The van der Waals surface area contributed by atoms with E-state index in [-0.39, 0.29) is 24.7 Å². The highest BCUT2D eigenvalue weighted by molar-refractivity contribution is 5.97. The third kappa shape index (κ3) is 5.47. The van der Waals surface area contributed by atoms with Crippen LogP contribution in [0.15, 0.2) is 35.9 Å². The fourth-order valence-corrected chi connectivity index (χ4v) is 3.61. The summed E-state index contributed by atoms with van der Waals surface area (Å²) in [6.07, 6.45) is -2.97. The predicted molar refractivity (Wildman–Crippen MR) is 119 cm³/mol. The van der Waals surface area contributed by atoms with E-state index in [9.17, 15) is 23.3 Å². The quantitative estimate of drug-likeness (QED) is 0.276. The van der Waals surface area contributed by atoms with E-state index in [0.717, 1.165) is 17.3 Å². The van der Waals surface area contributed by atoms with Gasteiger partial charge < -0.3 is 10.2 Å². The molecular formula is C22H25F3N6O2. The van der Waals surface area contributed by atoms with Gasteiger partial charge >= 0.3 is 6.18 Å². The average Bonchev–Trinajstić information content (AvgIpc) is 2.96. The number of non-ortho nitro benzene ring substituents is 1. The van der Waals surface area contributed by atoms with Crippen molar-refractivity contribution in [2.24, 2.45) is 0 Å². The summed E-state index contributed by atoms with van der Waals surface area (Å²) >= 11 is 0. The maximum Gasteiger partial charge on any atom is 0.419 e. The molecule has 0 fully saturated rings. The van der Waals surface area contributed by atoms with E-state index in [4.69, 9.17) is 5.41 Å². The third-order valence-corrected chi connectivity index (χ3v) is 5.38. The van der Waals surface area contributed by atoms with Crippen LogP contribution in [0.5, 0.6) is 0 Å². The van der Waals surface area contributed by atoms with E-state index < -0.39 is 22.5 Å². The average molecular weight is 462 g/mol. The van der Waals surface area contributed by atoms with Crippen LogP contribution in [0.2, 0.25) is 0 Å². The van der Waals surface area contributed by atoms with E-state index >= 15 is 0 Å². The van der Waals surface area contributed by atoms with Crippen LogP contribution < -0.4 is 5.32 Å². The Labute approximate surface area is 189 Å². The fourth-order valence-electron chi connectivity index (χ4n) is 3.61. The molecule has 0 spiro atoms. The Morgan fingerprint density at radius 3 is 2.39 bits per heavy atom. The van der Waals surface area contributed by atoms with E-state index in [0.29, 0.717) is 30.2 Å². The number of hydrogen-bond donors (Lipinski definition) is 2. The van der Waals surface area contributed by atoms with Gasteiger partial charge in [-0.2, -0.15) is 13.2 Å².